The number of carbonyl (C=O) groups excluding carboxylic acids is 3. The topological polar surface area (TPSA) is 110 Å². The monoisotopic (exact) mass is 489 g/mol. The highest BCUT2D eigenvalue weighted by Crippen LogP contribution is 2.38. The van der Waals surface area contributed by atoms with Gasteiger partial charge in [0, 0.05) is 17.8 Å². The molecule has 0 radical (unpaired) electrons. The van der Waals surface area contributed by atoms with E-state index in [9.17, 15) is 14.4 Å². The number of amides is 3. The molecule has 5 rings (SSSR count). The van der Waals surface area contributed by atoms with Crippen LogP contribution in [0.1, 0.15) is 47.8 Å². The first kappa shape index (κ1) is 23.5. The fraction of sp³-hybridized carbons (Fsp3) is 0.296. The molecule has 0 bridgehead atoms. The minimum absolute atomic E-state index is 0.0658. The molecule has 1 fully saturated rings. The molecular weight excluding hydrogens is 462 g/mol. The lowest BCUT2D eigenvalue weighted by atomic mass is 10.0. The maximum absolute atomic E-state index is 13.7. The molecule has 1 unspecified atom stereocenters. The van der Waals surface area contributed by atoms with Gasteiger partial charge in [0.15, 0.2) is 17.3 Å². The van der Waals surface area contributed by atoms with E-state index in [4.69, 9.17) is 13.9 Å². The summed E-state index contributed by atoms with van der Waals surface area (Å²) >= 11 is 0. The van der Waals surface area contributed by atoms with Crippen molar-refractivity contribution in [3.8, 4) is 11.5 Å². The normalized spacial score (nSPS) is 15.3. The van der Waals surface area contributed by atoms with Crippen molar-refractivity contribution in [3.05, 3.63) is 78.3 Å². The number of rotatable bonds is 8. The van der Waals surface area contributed by atoms with Crippen LogP contribution in [0, 0.1) is 0 Å². The molecule has 1 atom stereocenters. The van der Waals surface area contributed by atoms with Crippen LogP contribution in [-0.2, 0) is 9.59 Å². The average Bonchev–Trinajstić information content (AvgIpc) is 3.68. The standard InChI is InChI=1S/C27H27N3O6/c31-24(16-28-26(32)22-11-6-14-34-22)30(20-12-13-21-23(15-20)36-17-35-21)25(18-7-2-1-3-8-18)27(33)29-19-9-4-5-10-19/h1-3,6-8,11-15,19,25H,4-5,9-10,16-17H2,(H,28,32)(H,29,33). The lowest BCUT2D eigenvalue weighted by Crippen LogP contribution is -2.49. The van der Waals surface area contributed by atoms with Crippen LogP contribution < -0.4 is 25.0 Å². The van der Waals surface area contributed by atoms with Gasteiger partial charge in [-0.3, -0.25) is 19.3 Å². The van der Waals surface area contributed by atoms with Gasteiger partial charge in [-0.1, -0.05) is 43.2 Å². The Morgan fingerprint density at radius 1 is 0.944 bits per heavy atom. The van der Waals surface area contributed by atoms with Crippen LogP contribution in [0.15, 0.2) is 71.3 Å². The maximum atomic E-state index is 13.7. The third kappa shape index (κ3) is 5.05. The van der Waals surface area contributed by atoms with Gasteiger partial charge in [0.05, 0.1) is 12.8 Å². The minimum atomic E-state index is -0.958. The first-order chi connectivity index (χ1) is 17.6. The van der Waals surface area contributed by atoms with E-state index < -0.39 is 17.9 Å². The molecule has 9 nitrogen and oxygen atoms in total. The zero-order valence-corrected chi connectivity index (χ0v) is 19.6. The fourth-order valence-electron chi connectivity index (χ4n) is 4.61. The Kier molecular flexibility index (Phi) is 6.88. The molecule has 3 aromatic rings. The lowest BCUT2D eigenvalue weighted by Gasteiger charge is -2.32. The van der Waals surface area contributed by atoms with Gasteiger partial charge in [-0.2, -0.15) is 0 Å². The van der Waals surface area contributed by atoms with Crippen molar-refractivity contribution in [1.82, 2.24) is 10.6 Å². The molecule has 1 saturated carbocycles. The van der Waals surface area contributed by atoms with E-state index in [0.29, 0.717) is 22.7 Å². The van der Waals surface area contributed by atoms with Gasteiger partial charge in [-0.25, -0.2) is 0 Å². The number of hydrogen-bond acceptors (Lipinski definition) is 6. The van der Waals surface area contributed by atoms with Crippen molar-refractivity contribution < 1.29 is 28.3 Å². The highest BCUT2D eigenvalue weighted by atomic mass is 16.7. The summed E-state index contributed by atoms with van der Waals surface area (Å²) in [6, 6.07) is 16.4. The zero-order valence-electron chi connectivity index (χ0n) is 19.6. The molecule has 2 aliphatic rings. The number of benzene rings is 2. The number of furan rings is 1. The quantitative estimate of drug-likeness (QED) is 0.501. The average molecular weight is 490 g/mol. The Balaban J connectivity index is 1.49. The van der Waals surface area contributed by atoms with E-state index >= 15 is 0 Å². The van der Waals surface area contributed by atoms with Crippen molar-refractivity contribution in [2.75, 3.05) is 18.2 Å². The number of hydrogen-bond donors (Lipinski definition) is 2. The molecule has 0 spiro atoms. The summed E-state index contributed by atoms with van der Waals surface area (Å²) in [5.74, 6) is -0.140. The van der Waals surface area contributed by atoms with Gasteiger partial charge in [-0.05, 0) is 42.7 Å². The van der Waals surface area contributed by atoms with Crippen molar-refractivity contribution >= 4 is 23.4 Å². The van der Waals surface area contributed by atoms with Gasteiger partial charge in [0.25, 0.3) is 5.91 Å². The molecule has 36 heavy (non-hydrogen) atoms. The Morgan fingerprint density at radius 3 is 2.47 bits per heavy atom. The number of fused-ring (bicyclic) bond motifs is 1. The van der Waals surface area contributed by atoms with Gasteiger partial charge in [-0.15, -0.1) is 0 Å². The second-order valence-electron chi connectivity index (χ2n) is 8.76. The molecule has 0 saturated heterocycles. The van der Waals surface area contributed by atoms with E-state index in [2.05, 4.69) is 10.6 Å². The van der Waals surface area contributed by atoms with E-state index in [1.807, 2.05) is 30.3 Å². The number of nitrogens with zero attached hydrogens (tertiary/aromatic N) is 1. The van der Waals surface area contributed by atoms with Gasteiger partial charge in [0.2, 0.25) is 18.6 Å². The third-order valence-corrected chi connectivity index (χ3v) is 6.37. The predicted molar refractivity (Wildman–Crippen MR) is 131 cm³/mol. The van der Waals surface area contributed by atoms with E-state index in [1.54, 1.807) is 24.3 Å². The summed E-state index contributed by atoms with van der Waals surface area (Å²) in [4.78, 5) is 41.3. The number of nitrogens with one attached hydrogen (secondary N) is 2. The van der Waals surface area contributed by atoms with E-state index in [0.717, 1.165) is 25.7 Å². The second kappa shape index (κ2) is 10.6. The lowest BCUT2D eigenvalue weighted by molar-refractivity contribution is -0.126. The number of anilines is 1. The Labute approximate surface area is 208 Å². The van der Waals surface area contributed by atoms with Crippen LogP contribution in [0.2, 0.25) is 0 Å². The fourth-order valence-corrected chi connectivity index (χ4v) is 4.61. The van der Waals surface area contributed by atoms with Crippen LogP contribution in [-0.4, -0.2) is 37.1 Å². The number of ether oxygens (including phenoxy) is 2. The second-order valence-corrected chi connectivity index (χ2v) is 8.76. The first-order valence-electron chi connectivity index (χ1n) is 12.0. The smallest absolute Gasteiger partial charge is 0.287 e. The van der Waals surface area contributed by atoms with E-state index in [-0.39, 0.29) is 31.0 Å². The molecule has 1 aromatic heterocycles. The Bertz CT molecular complexity index is 1220. The van der Waals surface area contributed by atoms with Gasteiger partial charge < -0.3 is 24.5 Å². The summed E-state index contributed by atoms with van der Waals surface area (Å²) < 4.78 is 16.1. The molecular formula is C27H27N3O6. The minimum Gasteiger partial charge on any atom is -0.459 e. The highest BCUT2D eigenvalue weighted by molar-refractivity contribution is 6.04. The van der Waals surface area contributed by atoms with Gasteiger partial charge in [0.1, 0.15) is 6.04 Å². The molecule has 2 aromatic carbocycles. The highest BCUT2D eigenvalue weighted by Gasteiger charge is 2.35. The maximum Gasteiger partial charge on any atom is 0.287 e. The predicted octanol–water partition coefficient (Wildman–Crippen LogP) is 3.57. The molecule has 2 heterocycles. The van der Waals surface area contributed by atoms with Gasteiger partial charge >= 0.3 is 0 Å². The molecule has 3 amide bonds. The van der Waals surface area contributed by atoms with Crippen LogP contribution in [0.3, 0.4) is 0 Å². The summed E-state index contributed by atoms with van der Waals surface area (Å²) in [6.07, 6.45) is 5.32. The zero-order chi connectivity index (χ0) is 24.9. The summed E-state index contributed by atoms with van der Waals surface area (Å²) in [7, 11) is 0. The molecule has 2 N–H and O–H groups in total. The molecule has 186 valence electrons. The Hall–Kier alpha value is -4.27. The Morgan fingerprint density at radius 2 is 1.72 bits per heavy atom. The number of carbonyl (C=O) groups is 3. The van der Waals surface area contributed by atoms with Crippen LogP contribution in [0.25, 0.3) is 0 Å². The molecule has 9 heteroatoms. The summed E-state index contributed by atoms with van der Waals surface area (Å²) in [5.41, 5.74) is 1.10. The molecule has 1 aliphatic heterocycles. The SMILES string of the molecule is O=C(NCC(=O)N(c1ccc2c(c1)OCO2)C(C(=O)NC1CCCC1)c1ccccc1)c1ccco1. The van der Waals surface area contributed by atoms with Crippen molar-refractivity contribution in [1.29, 1.82) is 0 Å². The van der Waals surface area contributed by atoms with Crippen LogP contribution >= 0.6 is 0 Å². The molecule has 1 aliphatic carbocycles. The van der Waals surface area contributed by atoms with Crippen molar-refractivity contribution in [2.45, 2.75) is 37.8 Å². The van der Waals surface area contributed by atoms with Crippen LogP contribution in [0.4, 0.5) is 5.69 Å². The van der Waals surface area contributed by atoms with E-state index in [1.165, 1.54) is 17.2 Å². The largest absolute Gasteiger partial charge is 0.459 e. The van der Waals surface area contributed by atoms with Crippen LogP contribution in [0.5, 0.6) is 11.5 Å². The van der Waals surface area contributed by atoms with Crippen molar-refractivity contribution in [2.24, 2.45) is 0 Å². The summed E-state index contributed by atoms with van der Waals surface area (Å²) in [6.45, 7) is -0.260. The summed E-state index contributed by atoms with van der Waals surface area (Å²) in [5, 5.41) is 5.73. The first-order valence-corrected chi connectivity index (χ1v) is 12.0. The third-order valence-electron chi connectivity index (χ3n) is 6.37. The van der Waals surface area contributed by atoms with Crippen molar-refractivity contribution in [3.63, 3.8) is 0 Å².